The van der Waals surface area contributed by atoms with Crippen LogP contribution in [0.5, 0.6) is 5.75 Å². The molecular weight excluding hydrogens is 242 g/mol. The number of furan rings is 1. The molecule has 1 amide bonds. The second kappa shape index (κ2) is 6.09. The van der Waals surface area contributed by atoms with Crippen LogP contribution in [0.2, 0.25) is 0 Å². The molecule has 0 saturated heterocycles. The highest BCUT2D eigenvalue weighted by Crippen LogP contribution is 2.17. The van der Waals surface area contributed by atoms with Gasteiger partial charge in [0.25, 0.3) is 0 Å². The van der Waals surface area contributed by atoms with Gasteiger partial charge in [0.1, 0.15) is 17.3 Å². The van der Waals surface area contributed by atoms with E-state index in [9.17, 15) is 4.79 Å². The molecule has 0 radical (unpaired) electrons. The van der Waals surface area contributed by atoms with E-state index in [0.29, 0.717) is 13.0 Å². The molecule has 2 aromatic rings. The number of carbonyl (C=O) groups is 1. The van der Waals surface area contributed by atoms with Gasteiger partial charge in [0.15, 0.2) is 0 Å². The molecule has 0 aliphatic rings. The van der Waals surface area contributed by atoms with Gasteiger partial charge in [-0.05, 0) is 25.1 Å². The van der Waals surface area contributed by atoms with Gasteiger partial charge in [-0.25, -0.2) is 0 Å². The van der Waals surface area contributed by atoms with Crippen molar-refractivity contribution < 1.29 is 13.9 Å². The minimum atomic E-state index is -0.0569. The highest BCUT2D eigenvalue weighted by molar-refractivity contribution is 5.79. The van der Waals surface area contributed by atoms with E-state index in [-0.39, 0.29) is 5.91 Å². The Morgan fingerprint density at radius 1 is 1.26 bits per heavy atom. The monoisotopic (exact) mass is 259 g/mol. The van der Waals surface area contributed by atoms with E-state index in [0.717, 1.165) is 22.8 Å². The first kappa shape index (κ1) is 13.2. The minimum Gasteiger partial charge on any atom is -0.496 e. The molecule has 100 valence electrons. The third-order valence-corrected chi connectivity index (χ3v) is 2.80. The van der Waals surface area contributed by atoms with Crippen molar-refractivity contribution in [2.75, 3.05) is 7.11 Å². The third-order valence-electron chi connectivity index (χ3n) is 2.80. The maximum absolute atomic E-state index is 11.9. The molecule has 4 heteroatoms. The lowest BCUT2D eigenvalue weighted by Crippen LogP contribution is -2.24. The van der Waals surface area contributed by atoms with Gasteiger partial charge in [-0.3, -0.25) is 4.79 Å². The predicted molar refractivity (Wildman–Crippen MR) is 72.0 cm³/mol. The van der Waals surface area contributed by atoms with Crippen LogP contribution in [0, 0.1) is 6.92 Å². The van der Waals surface area contributed by atoms with Crippen molar-refractivity contribution in [3.63, 3.8) is 0 Å². The summed E-state index contributed by atoms with van der Waals surface area (Å²) in [5.74, 6) is 2.27. The van der Waals surface area contributed by atoms with Crippen LogP contribution in [0.15, 0.2) is 40.8 Å². The fraction of sp³-hybridized carbons (Fsp3) is 0.267. The van der Waals surface area contributed by atoms with Crippen molar-refractivity contribution in [3.05, 3.63) is 53.5 Å². The van der Waals surface area contributed by atoms with Crippen molar-refractivity contribution >= 4 is 5.91 Å². The van der Waals surface area contributed by atoms with Crippen LogP contribution in [-0.2, 0) is 17.8 Å². The molecule has 0 bridgehead atoms. The molecule has 2 rings (SSSR count). The maximum Gasteiger partial charge on any atom is 0.224 e. The molecule has 4 nitrogen and oxygen atoms in total. The van der Waals surface area contributed by atoms with Crippen LogP contribution in [-0.4, -0.2) is 13.0 Å². The highest BCUT2D eigenvalue weighted by Gasteiger charge is 2.08. The molecule has 1 aromatic heterocycles. The van der Waals surface area contributed by atoms with Gasteiger partial charge >= 0.3 is 0 Å². The van der Waals surface area contributed by atoms with Gasteiger partial charge in [-0.1, -0.05) is 18.2 Å². The smallest absolute Gasteiger partial charge is 0.224 e. The first-order valence-electron chi connectivity index (χ1n) is 6.13. The van der Waals surface area contributed by atoms with E-state index in [1.54, 1.807) is 7.11 Å². The normalized spacial score (nSPS) is 10.2. The molecular formula is C15H17NO3. The second-order valence-corrected chi connectivity index (χ2v) is 4.28. The SMILES string of the molecule is COc1ccccc1CC(=O)NCc1ccc(C)o1. The zero-order chi connectivity index (χ0) is 13.7. The number of methoxy groups -OCH3 is 1. The van der Waals surface area contributed by atoms with Crippen molar-refractivity contribution in [1.82, 2.24) is 5.32 Å². The average molecular weight is 259 g/mol. The summed E-state index contributed by atoms with van der Waals surface area (Å²) in [6.07, 6.45) is 0.295. The molecule has 1 N–H and O–H groups in total. The van der Waals surface area contributed by atoms with Gasteiger partial charge in [0.05, 0.1) is 20.1 Å². The number of rotatable bonds is 5. The number of hydrogen-bond acceptors (Lipinski definition) is 3. The number of amides is 1. The van der Waals surface area contributed by atoms with Crippen molar-refractivity contribution in [2.45, 2.75) is 19.9 Å². The van der Waals surface area contributed by atoms with Crippen molar-refractivity contribution in [3.8, 4) is 5.75 Å². The van der Waals surface area contributed by atoms with E-state index >= 15 is 0 Å². The average Bonchev–Trinajstić information content (AvgIpc) is 2.83. The first-order valence-corrected chi connectivity index (χ1v) is 6.13. The molecule has 1 aromatic carbocycles. The van der Waals surface area contributed by atoms with Crippen LogP contribution in [0.25, 0.3) is 0 Å². The minimum absolute atomic E-state index is 0.0569. The number of carbonyl (C=O) groups excluding carboxylic acids is 1. The Bertz CT molecular complexity index is 560. The number of aryl methyl sites for hydroxylation is 1. The molecule has 0 fully saturated rings. The number of hydrogen-bond donors (Lipinski definition) is 1. The van der Waals surface area contributed by atoms with E-state index in [1.807, 2.05) is 43.3 Å². The Kier molecular flexibility index (Phi) is 4.23. The molecule has 0 saturated carbocycles. The summed E-state index contributed by atoms with van der Waals surface area (Å²) in [6.45, 7) is 2.28. The predicted octanol–water partition coefficient (Wildman–Crippen LogP) is 2.46. The molecule has 0 aliphatic carbocycles. The quantitative estimate of drug-likeness (QED) is 0.897. The van der Waals surface area contributed by atoms with Crippen LogP contribution in [0.1, 0.15) is 17.1 Å². The summed E-state index contributed by atoms with van der Waals surface area (Å²) in [7, 11) is 1.60. The summed E-state index contributed by atoms with van der Waals surface area (Å²) in [6, 6.07) is 11.2. The lowest BCUT2D eigenvalue weighted by atomic mass is 10.1. The summed E-state index contributed by atoms with van der Waals surface area (Å²) < 4.78 is 10.6. The molecule has 0 spiro atoms. The van der Waals surface area contributed by atoms with Crippen LogP contribution >= 0.6 is 0 Å². The largest absolute Gasteiger partial charge is 0.496 e. The number of para-hydroxylation sites is 1. The van der Waals surface area contributed by atoms with Crippen molar-refractivity contribution in [1.29, 1.82) is 0 Å². The number of ether oxygens (including phenoxy) is 1. The molecule has 19 heavy (non-hydrogen) atoms. The summed E-state index contributed by atoms with van der Waals surface area (Å²) >= 11 is 0. The third kappa shape index (κ3) is 3.61. The van der Waals surface area contributed by atoms with E-state index in [4.69, 9.17) is 9.15 Å². The summed E-state index contributed by atoms with van der Waals surface area (Å²) in [4.78, 5) is 11.9. The van der Waals surface area contributed by atoms with Gasteiger partial charge < -0.3 is 14.5 Å². The van der Waals surface area contributed by atoms with Crippen LogP contribution in [0.4, 0.5) is 0 Å². The lowest BCUT2D eigenvalue weighted by molar-refractivity contribution is -0.120. The van der Waals surface area contributed by atoms with Crippen LogP contribution < -0.4 is 10.1 Å². The topological polar surface area (TPSA) is 51.5 Å². The Balaban J connectivity index is 1.90. The Hall–Kier alpha value is -2.23. The van der Waals surface area contributed by atoms with Gasteiger partial charge in [0, 0.05) is 5.56 Å². The zero-order valence-electron chi connectivity index (χ0n) is 11.1. The zero-order valence-corrected chi connectivity index (χ0v) is 11.1. The second-order valence-electron chi connectivity index (χ2n) is 4.28. The van der Waals surface area contributed by atoms with Gasteiger partial charge in [-0.15, -0.1) is 0 Å². The molecule has 1 heterocycles. The fourth-order valence-electron chi connectivity index (χ4n) is 1.85. The summed E-state index contributed by atoms with van der Waals surface area (Å²) in [5.41, 5.74) is 0.873. The first-order chi connectivity index (χ1) is 9.19. The lowest BCUT2D eigenvalue weighted by Gasteiger charge is -2.08. The fourth-order valence-corrected chi connectivity index (χ4v) is 1.85. The standard InChI is InChI=1S/C15H17NO3/c1-11-7-8-13(19-11)10-16-15(17)9-12-5-3-4-6-14(12)18-2/h3-8H,9-10H2,1-2H3,(H,16,17). The van der Waals surface area contributed by atoms with Gasteiger partial charge in [-0.2, -0.15) is 0 Å². The Morgan fingerprint density at radius 3 is 2.74 bits per heavy atom. The highest BCUT2D eigenvalue weighted by atomic mass is 16.5. The van der Waals surface area contributed by atoms with E-state index in [1.165, 1.54) is 0 Å². The molecule has 0 unspecified atom stereocenters. The van der Waals surface area contributed by atoms with Crippen LogP contribution in [0.3, 0.4) is 0 Å². The van der Waals surface area contributed by atoms with Gasteiger partial charge in [0.2, 0.25) is 5.91 Å². The number of benzene rings is 1. The maximum atomic E-state index is 11.9. The van der Waals surface area contributed by atoms with E-state index in [2.05, 4.69) is 5.32 Å². The number of nitrogens with one attached hydrogen (secondary N) is 1. The molecule has 0 aliphatic heterocycles. The summed E-state index contributed by atoms with van der Waals surface area (Å²) in [5, 5.41) is 2.82. The van der Waals surface area contributed by atoms with E-state index < -0.39 is 0 Å². The Morgan fingerprint density at radius 2 is 2.05 bits per heavy atom. The van der Waals surface area contributed by atoms with Crippen molar-refractivity contribution in [2.24, 2.45) is 0 Å². The molecule has 0 atom stereocenters. The Labute approximate surface area is 112 Å².